The van der Waals surface area contributed by atoms with E-state index in [2.05, 4.69) is 170 Å². The number of rotatable bonds is 4. The molecule has 0 radical (unpaired) electrons. The summed E-state index contributed by atoms with van der Waals surface area (Å²) < 4.78 is 6.54. The lowest BCUT2D eigenvalue weighted by molar-refractivity contribution is -0.0399. The van der Waals surface area contributed by atoms with Crippen LogP contribution in [0.25, 0.3) is 55.3 Å². The van der Waals surface area contributed by atoms with E-state index in [1.54, 1.807) is 11.1 Å². The third-order valence-corrected chi connectivity index (χ3v) is 15.4. The van der Waals surface area contributed by atoms with Gasteiger partial charge in [0.15, 0.2) is 0 Å². The maximum absolute atomic E-state index is 6.54. The van der Waals surface area contributed by atoms with Crippen LogP contribution in [0.4, 0.5) is 17.1 Å². The van der Waals surface area contributed by atoms with Gasteiger partial charge in [-0.25, -0.2) is 0 Å². The average molecular weight is 736 g/mol. The van der Waals surface area contributed by atoms with E-state index in [0.717, 1.165) is 39.5 Å². The first kappa shape index (κ1) is 32.2. The van der Waals surface area contributed by atoms with E-state index in [0.29, 0.717) is 11.8 Å². The van der Waals surface area contributed by atoms with Crippen LogP contribution in [0.3, 0.4) is 0 Å². The molecule has 1 spiro atoms. The Morgan fingerprint density at radius 1 is 0.474 bits per heavy atom. The van der Waals surface area contributed by atoms with Crippen molar-refractivity contribution in [3.63, 3.8) is 0 Å². The Labute approximate surface area is 334 Å². The van der Waals surface area contributed by atoms with Gasteiger partial charge in [0, 0.05) is 27.6 Å². The fourth-order valence-corrected chi connectivity index (χ4v) is 13.3. The van der Waals surface area contributed by atoms with Gasteiger partial charge >= 0.3 is 0 Å². The summed E-state index contributed by atoms with van der Waals surface area (Å²) in [6.45, 7) is 4.77. The second-order valence-electron chi connectivity index (χ2n) is 18.5. The topological polar surface area (TPSA) is 16.4 Å². The molecule has 0 atom stereocenters. The monoisotopic (exact) mass is 735 g/mol. The first-order chi connectivity index (χ1) is 28.0. The number of anilines is 3. The summed E-state index contributed by atoms with van der Waals surface area (Å²) in [6.07, 6.45) is 6.95. The second kappa shape index (κ2) is 11.4. The van der Waals surface area contributed by atoms with Crippen molar-refractivity contribution in [3.8, 4) is 33.4 Å². The Kier molecular flexibility index (Phi) is 6.44. The lowest BCUT2D eigenvalue weighted by Crippen LogP contribution is -2.55. The van der Waals surface area contributed by atoms with Crippen LogP contribution in [0.1, 0.15) is 68.2 Å². The Morgan fingerprint density at radius 3 is 1.98 bits per heavy atom. The normalized spacial score (nSPS) is 24.2. The zero-order valence-electron chi connectivity index (χ0n) is 32.6. The molecule has 1 heterocycles. The van der Waals surface area contributed by atoms with Crippen LogP contribution in [0, 0.1) is 23.7 Å². The van der Waals surface area contributed by atoms with E-state index >= 15 is 0 Å². The van der Waals surface area contributed by atoms with Gasteiger partial charge in [-0.15, -0.1) is 0 Å². The van der Waals surface area contributed by atoms with Crippen molar-refractivity contribution in [1.82, 2.24) is 0 Å². The van der Waals surface area contributed by atoms with Crippen LogP contribution < -0.4 is 4.90 Å². The average Bonchev–Trinajstić information content (AvgIpc) is 3.84. The van der Waals surface area contributed by atoms with Crippen LogP contribution in [-0.2, 0) is 10.8 Å². The lowest BCUT2D eigenvalue weighted by Gasteiger charge is -2.61. The third kappa shape index (κ3) is 4.26. The van der Waals surface area contributed by atoms with Crippen molar-refractivity contribution < 1.29 is 4.42 Å². The molecule has 6 aliphatic rings. The van der Waals surface area contributed by atoms with E-state index in [9.17, 15) is 0 Å². The maximum atomic E-state index is 6.54. The Bertz CT molecular complexity index is 2940. The van der Waals surface area contributed by atoms with Gasteiger partial charge in [0.25, 0.3) is 0 Å². The van der Waals surface area contributed by atoms with E-state index < -0.39 is 0 Å². The van der Waals surface area contributed by atoms with Gasteiger partial charge in [0.1, 0.15) is 11.2 Å². The molecule has 4 bridgehead atoms. The van der Waals surface area contributed by atoms with Gasteiger partial charge in [-0.3, -0.25) is 0 Å². The van der Waals surface area contributed by atoms with Crippen molar-refractivity contribution in [2.75, 3.05) is 4.90 Å². The molecule has 14 rings (SSSR count). The third-order valence-electron chi connectivity index (χ3n) is 15.4. The Morgan fingerprint density at radius 2 is 1.14 bits per heavy atom. The highest BCUT2D eigenvalue weighted by Gasteiger charge is 2.61. The van der Waals surface area contributed by atoms with E-state index in [-0.39, 0.29) is 10.8 Å². The van der Waals surface area contributed by atoms with Crippen LogP contribution >= 0.6 is 0 Å². The molecule has 1 aromatic heterocycles. The van der Waals surface area contributed by atoms with Crippen LogP contribution in [0.5, 0.6) is 0 Å². The second-order valence-corrected chi connectivity index (χ2v) is 18.5. The molecular weight excluding hydrogens is 691 g/mol. The molecule has 6 aliphatic carbocycles. The lowest BCUT2D eigenvalue weighted by atomic mass is 9.43. The van der Waals surface area contributed by atoms with Gasteiger partial charge in [-0.2, -0.15) is 0 Å². The number of para-hydroxylation sites is 1. The summed E-state index contributed by atoms with van der Waals surface area (Å²) >= 11 is 0. The molecule has 57 heavy (non-hydrogen) atoms. The fraction of sp³-hybridized carbons (Fsp3) is 0.236. The summed E-state index contributed by atoms with van der Waals surface area (Å²) in [5.41, 5.74) is 19.5. The molecule has 0 amide bonds. The highest BCUT2D eigenvalue weighted by Crippen LogP contribution is 2.70. The summed E-state index contributed by atoms with van der Waals surface area (Å²) in [4.78, 5) is 2.53. The molecule has 4 saturated carbocycles. The SMILES string of the molecule is CC1(C)c2ccccc2-c2ccc(N(c3ccc4c(c3)-c3ccc(-c5ccccc5)cc3C43C4CC5CC(C4)CC3C5)c3cccc4oc5ccccc5c34)cc21. The van der Waals surface area contributed by atoms with Crippen molar-refractivity contribution in [1.29, 1.82) is 0 Å². The minimum absolute atomic E-state index is 0.0797. The predicted octanol–water partition coefficient (Wildman–Crippen LogP) is 14.8. The highest BCUT2D eigenvalue weighted by molar-refractivity contribution is 6.13. The summed E-state index contributed by atoms with van der Waals surface area (Å²) in [5.74, 6) is 3.21. The van der Waals surface area contributed by atoms with E-state index in [4.69, 9.17) is 4.42 Å². The first-order valence-corrected chi connectivity index (χ1v) is 21.3. The van der Waals surface area contributed by atoms with Gasteiger partial charge < -0.3 is 9.32 Å². The van der Waals surface area contributed by atoms with E-state index in [1.807, 2.05) is 0 Å². The van der Waals surface area contributed by atoms with Crippen molar-refractivity contribution >= 4 is 39.0 Å². The van der Waals surface area contributed by atoms with Crippen LogP contribution in [0.2, 0.25) is 0 Å². The largest absolute Gasteiger partial charge is 0.456 e. The minimum Gasteiger partial charge on any atom is -0.456 e. The van der Waals surface area contributed by atoms with E-state index in [1.165, 1.54) is 88.0 Å². The quantitative estimate of drug-likeness (QED) is 0.179. The molecule has 8 aromatic rings. The molecular formula is C55H45NO. The highest BCUT2D eigenvalue weighted by atomic mass is 16.3. The molecule has 276 valence electrons. The maximum Gasteiger partial charge on any atom is 0.137 e. The van der Waals surface area contributed by atoms with Gasteiger partial charge in [-0.1, -0.05) is 117 Å². The molecule has 0 saturated heterocycles. The van der Waals surface area contributed by atoms with Gasteiger partial charge in [0.05, 0.1) is 11.1 Å². The molecule has 7 aromatic carbocycles. The number of hydrogen-bond donors (Lipinski definition) is 0. The summed E-state index contributed by atoms with van der Waals surface area (Å²) in [7, 11) is 0. The number of nitrogens with zero attached hydrogens (tertiary/aromatic N) is 1. The van der Waals surface area contributed by atoms with Gasteiger partial charge in [-0.05, 0) is 160 Å². The molecule has 0 aliphatic heterocycles. The minimum atomic E-state index is -0.110. The summed E-state index contributed by atoms with van der Waals surface area (Å²) in [5, 5.41) is 2.30. The molecule has 0 N–H and O–H groups in total. The number of furan rings is 1. The van der Waals surface area contributed by atoms with Crippen molar-refractivity contribution in [2.45, 2.75) is 56.8 Å². The zero-order chi connectivity index (χ0) is 37.6. The molecule has 4 fully saturated rings. The standard InChI is InChI=1S/C55H45NO/c1-54(2)46-15-8-6-13-41(46)42-23-20-40(32-48(42)54)56(50-16-10-18-52-53(50)44-14-7-9-17-51(44)57-52)39-21-24-47-45(31-39)43-22-19-36(35-11-4-3-5-12-35)30-49(43)55(47)37-26-33-25-34(28-37)29-38(55)27-33/h3-24,30-34,37-38H,25-29H2,1-2H3. The van der Waals surface area contributed by atoms with Crippen molar-refractivity contribution in [3.05, 3.63) is 174 Å². The number of hydrogen-bond acceptors (Lipinski definition) is 2. The number of benzene rings is 7. The number of fused-ring (bicyclic) bond motifs is 9. The molecule has 0 unspecified atom stereocenters. The first-order valence-electron chi connectivity index (χ1n) is 21.3. The van der Waals surface area contributed by atoms with Crippen LogP contribution in [-0.4, -0.2) is 0 Å². The zero-order valence-corrected chi connectivity index (χ0v) is 32.6. The molecule has 2 nitrogen and oxygen atoms in total. The van der Waals surface area contributed by atoms with Crippen molar-refractivity contribution in [2.24, 2.45) is 23.7 Å². The molecule has 2 heteroatoms. The predicted molar refractivity (Wildman–Crippen MR) is 235 cm³/mol. The van der Waals surface area contributed by atoms with Gasteiger partial charge in [0.2, 0.25) is 0 Å². The Hall–Kier alpha value is -5.86. The fourth-order valence-electron chi connectivity index (χ4n) is 13.3. The Balaban J connectivity index is 1.06. The smallest absolute Gasteiger partial charge is 0.137 e. The van der Waals surface area contributed by atoms with Crippen LogP contribution in [0.15, 0.2) is 156 Å². The summed E-state index contributed by atoms with van der Waals surface area (Å²) in [6, 6.07) is 57.4.